The standard InChI is InChI=1S/C16H25N3O4/c17-7-8-18-15(21)14(10-12-4-2-1-3-5-12)23-16(22)19-9-6-13(20)11-19/h12-14,20H,1-6,8-11H2,(H,18,21). The largest absolute Gasteiger partial charge is 0.436 e. The van der Waals surface area contributed by atoms with Gasteiger partial charge in [0.15, 0.2) is 6.10 Å². The Hall–Kier alpha value is -1.81. The van der Waals surface area contributed by atoms with E-state index in [0.29, 0.717) is 25.3 Å². The molecule has 2 atom stereocenters. The van der Waals surface area contributed by atoms with Crippen LogP contribution in [0.3, 0.4) is 0 Å². The van der Waals surface area contributed by atoms with Crippen molar-refractivity contribution in [1.29, 1.82) is 5.26 Å². The topological polar surface area (TPSA) is 103 Å². The van der Waals surface area contributed by atoms with E-state index in [9.17, 15) is 14.7 Å². The third-order valence-electron chi connectivity index (χ3n) is 4.57. The van der Waals surface area contributed by atoms with Crippen LogP contribution in [0.15, 0.2) is 0 Å². The second-order valence-electron chi connectivity index (χ2n) is 6.38. The normalized spacial score (nSPS) is 23.1. The van der Waals surface area contributed by atoms with E-state index in [1.165, 1.54) is 11.3 Å². The summed E-state index contributed by atoms with van der Waals surface area (Å²) in [4.78, 5) is 25.8. The molecule has 2 aliphatic rings. The average Bonchev–Trinajstić information content (AvgIpc) is 2.99. The molecule has 2 unspecified atom stereocenters. The maximum atomic E-state index is 12.2. The fraction of sp³-hybridized carbons (Fsp3) is 0.812. The van der Waals surface area contributed by atoms with Crippen LogP contribution in [-0.4, -0.2) is 53.8 Å². The number of nitrogens with zero attached hydrogens (tertiary/aromatic N) is 2. The van der Waals surface area contributed by atoms with Crippen LogP contribution < -0.4 is 5.32 Å². The second-order valence-corrected chi connectivity index (χ2v) is 6.38. The number of rotatable bonds is 5. The highest BCUT2D eigenvalue weighted by atomic mass is 16.6. The van der Waals surface area contributed by atoms with Gasteiger partial charge in [-0.1, -0.05) is 32.1 Å². The molecule has 1 heterocycles. The van der Waals surface area contributed by atoms with Gasteiger partial charge < -0.3 is 20.1 Å². The number of hydrogen-bond donors (Lipinski definition) is 2. The second kappa shape index (κ2) is 8.73. The Morgan fingerprint density at radius 3 is 2.65 bits per heavy atom. The SMILES string of the molecule is N#CCNC(=O)C(CC1CCCCC1)OC(=O)N1CCC(O)C1. The molecule has 23 heavy (non-hydrogen) atoms. The number of nitrogens with one attached hydrogen (secondary N) is 1. The molecule has 7 heteroatoms. The number of aliphatic hydroxyl groups is 1. The molecule has 2 amide bonds. The summed E-state index contributed by atoms with van der Waals surface area (Å²) in [6.45, 7) is 0.588. The molecular formula is C16H25N3O4. The maximum absolute atomic E-state index is 12.2. The molecule has 1 saturated carbocycles. The predicted octanol–water partition coefficient (Wildman–Crippen LogP) is 1.17. The molecule has 1 saturated heterocycles. The van der Waals surface area contributed by atoms with Crippen molar-refractivity contribution in [2.75, 3.05) is 19.6 Å². The smallest absolute Gasteiger partial charge is 0.410 e. The molecule has 0 aromatic carbocycles. The molecule has 2 rings (SSSR count). The van der Waals surface area contributed by atoms with E-state index < -0.39 is 24.2 Å². The average molecular weight is 323 g/mol. The molecule has 1 aliphatic carbocycles. The van der Waals surface area contributed by atoms with Crippen molar-refractivity contribution >= 4 is 12.0 Å². The minimum atomic E-state index is -0.864. The first-order valence-corrected chi connectivity index (χ1v) is 8.38. The van der Waals surface area contributed by atoms with E-state index in [1.807, 2.05) is 6.07 Å². The molecule has 0 aromatic heterocycles. The Labute approximate surface area is 136 Å². The van der Waals surface area contributed by atoms with Crippen LogP contribution in [-0.2, 0) is 9.53 Å². The highest BCUT2D eigenvalue weighted by molar-refractivity contribution is 5.83. The first kappa shape index (κ1) is 17.5. The van der Waals surface area contributed by atoms with Crippen LogP contribution >= 0.6 is 0 Å². The molecule has 0 spiro atoms. The van der Waals surface area contributed by atoms with Crippen molar-refractivity contribution in [3.8, 4) is 6.07 Å². The molecular weight excluding hydrogens is 298 g/mol. The van der Waals surface area contributed by atoms with Gasteiger partial charge in [-0.2, -0.15) is 5.26 Å². The lowest BCUT2D eigenvalue weighted by Crippen LogP contribution is -2.42. The number of ether oxygens (including phenoxy) is 1. The fourth-order valence-electron chi connectivity index (χ4n) is 3.28. The van der Waals surface area contributed by atoms with Gasteiger partial charge in [0.1, 0.15) is 6.54 Å². The summed E-state index contributed by atoms with van der Waals surface area (Å²) in [6.07, 6.45) is 4.67. The monoisotopic (exact) mass is 323 g/mol. The van der Waals surface area contributed by atoms with Crippen LogP contribution in [0.4, 0.5) is 4.79 Å². The summed E-state index contributed by atoms with van der Waals surface area (Å²) in [5, 5.41) is 20.6. The number of hydrogen-bond acceptors (Lipinski definition) is 5. The maximum Gasteiger partial charge on any atom is 0.410 e. The highest BCUT2D eigenvalue weighted by Gasteiger charge is 2.32. The van der Waals surface area contributed by atoms with E-state index in [0.717, 1.165) is 25.7 Å². The van der Waals surface area contributed by atoms with Gasteiger partial charge in [-0.25, -0.2) is 4.79 Å². The first-order valence-electron chi connectivity index (χ1n) is 8.38. The van der Waals surface area contributed by atoms with Gasteiger partial charge in [0.2, 0.25) is 0 Å². The van der Waals surface area contributed by atoms with Gasteiger partial charge in [0, 0.05) is 13.1 Å². The number of aliphatic hydroxyl groups excluding tert-OH is 1. The van der Waals surface area contributed by atoms with Crippen molar-refractivity contribution in [3.63, 3.8) is 0 Å². The molecule has 0 aromatic rings. The van der Waals surface area contributed by atoms with Gasteiger partial charge in [0.25, 0.3) is 5.91 Å². The number of amides is 2. The van der Waals surface area contributed by atoms with Crippen molar-refractivity contribution in [2.24, 2.45) is 5.92 Å². The van der Waals surface area contributed by atoms with Crippen molar-refractivity contribution in [1.82, 2.24) is 10.2 Å². The number of carbonyl (C=O) groups excluding carboxylic acids is 2. The van der Waals surface area contributed by atoms with Gasteiger partial charge in [0.05, 0.1) is 12.2 Å². The van der Waals surface area contributed by atoms with Crippen LogP contribution in [0.25, 0.3) is 0 Å². The molecule has 0 bridgehead atoms. The summed E-state index contributed by atoms with van der Waals surface area (Å²) >= 11 is 0. The Kier molecular flexibility index (Phi) is 6.66. The summed E-state index contributed by atoms with van der Waals surface area (Å²) in [5.74, 6) is -0.0382. The number of likely N-dealkylation sites (tertiary alicyclic amines) is 1. The van der Waals surface area contributed by atoms with Gasteiger partial charge in [-0.3, -0.25) is 4.79 Å². The van der Waals surface area contributed by atoms with Crippen molar-refractivity contribution in [3.05, 3.63) is 0 Å². The number of β-amino-alcohol motifs (C(OH)–C–C–N with tert-alkyl or cyclic N) is 1. The summed E-state index contributed by atoms with van der Waals surface area (Å²) in [6, 6.07) is 1.86. The minimum Gasteiger partial charge on any atom is -0.436 e. The van der Waals surface area contributed by atoms with E-state index in [2.05, 4.69) is 5.32 Å². The Bertz CT molecular complexity index is 457. The molecule has 2 fully saturated rings. The lowest BCUT2D eigenvalue weighted by atomic mass is 9.85. The fourth-order valence-corrected chi connectivity index (χ4v) is 3.28. The van der Waals surface area contributed by atoms with Crippen LogP contribution in [0.2, 0.25) is 0 Å². The zero-order chi connectivity index (χ0) is 16.7. The molecule has 1 aliphatic heterocycles. The van der Waals surface area contributed by atoms with Crippen LogP contribution in [0, 0.1) is 17.2 Å². The quantitative estimate of drug-likeness (QED) is 0.739. The van der Waals surface area contributed by atoms with Crippen LogP contribution in [0.5, 0.6) is 0 Å². The highest BCUT2D eigenvalue weighted by Crippen LogP contribution is 2.28. The number of carbonyl (C=O) groups is 2. The number of nitriles is 1. The first-order chi connectivity index (χ1) is 11.1. The van der Waals surface area contributed by atoms with Gasteiger partial charge in [-0.05, 0) is 18.8 Å². The van der Waals surface area contributed by atoms with Crippen molar-refractivity contribution in [2.45, 2.75) is 57.2 Å². The zero-order valence-electron chi connectivity index (χ0n) is 13.4. The minimum absolute atomic E-state index is 0.0972. The van der Waals surface area contributed by atoms with E-state index in [4.69, 9.17) is 10.00 Å². The molecule has 2 N–H and O–H groups in total. The third-order valence-corrected chi connectivity index (χ3v) is 4.57. The van der Waals surface area contributed by atoms with E-state index in [1.54, 1.807) is 0 Å². The molecule has 7 nitrogen and oxygen atoms in total. The Balaban J connectivity index is 1.92. The third kappa shape index (κ3) is 5.39. The summed E-state index contributed by atoms with van der Waals surface area (Å²) < 4.78 is 5.40. The van der Waals surface area contributed by atoms with E-state index >= 15 is 0 Å². The van der Waals surface area contributed by atoms with E-state index in [-0.39, 0.29) is 13.1 Å². The lowest BCUT2D eigenvalue weighted by molar-refractivity contribution is -0.130. The zero-order valence-corrected chi connectivity index (χ0v) is 13.4. The molecule has 0 radical (unpaired) electrons. The summed E-state index contributed by atoms with van der Waals surface area (Å²) in [7, 11) is 0. The van der Waals surface area contributed by atoms with Crippen LogP contribution in [0.1, 0.15) is 44.9 Å². The predicted molar refractivity (Wildman–Crippen MR) is 82.3 cm³/mol. The van der Waals surface area contributed by atoms with Gasteiger partial charge >= 0.3 is 6.09 Å². The Morgan fingerprint density at radius 1 is 1.30 bits per heavy atom. The molecule has 128 valence electrons. The van der Waals surface area contributed by atoms with Crippen molar-refractivity contribution < 1.29 is 19.4 Å². The Morgan fingerprint density at radius 2 is 2.04 bits per heavy atom. The summed E-state index contributed by atoms with van der Waals surface area (Å²) in [5.41, 5.74) is 0. The lowest BCUT2D eigenvalue weighted by Gasteiger charge is -2.27. The van der Waals surface area contributed by atoms with Gasteiger partial charge in [-0.15, -0.1) is 0 Å².